The Morgan fingerprint density at radius 1 is 0.929 bits per heavy atom. The van der Waals surface area contributed by atoms with E-state index in [0.717, 1.165) is 48.2 Å². The number of nitrogen functional groups attached to an aromatic ring is 1. The highest BCUT2D eigenvalue weighted by Crippen LogP contribution is 2.61. The van der Waals surface area contributed by atoms with Crippen LogP contribution in [0.25, 0.3) is 11.2 Å². The number of rotatable bonds is 33. The van der Waals surface area contributed by atoms with Crippen LogP contribution in [0, 0.1) is 5.41 Å². The second kappa shape index (κ2) is 29.9. The molecule has 8 unspecified atom stereocenters. The molecule has 0 spiro atoms. The summed E-state index contributed by atoms with van der Waals surface area (Å²) in [6.45, 7) is 2.62. The first-order valence-electron chi connectivity index (χ1n) is 22.3. The number of ether oxygens (including phenoxy) is 1. The molecule has 2 amide bonds. The van der Waals surface area contributed by atoms with Crippen LogP contribution in [0.15, 0.2) is 61.3 Å². The first-order chi connectivity index (χ1) is 32.9. The average molecular weight is 1070 g/mol. The van der Waals surface area contributed by atoms with Gasteiger partial charge in [0.25, 0.3) is 0 Å². The molecule has 25 nitrogen and oxygen atoms in total. The molecule has 8 atom stereocenters. The lowest BCUT2D eigenvalue weighted by molar-refractivity contribution is -0.137. The molecule has 2 aromatic rings. The fourth-order valence-electron chi connectivity index (χ4n) is 6.32. The van der Waals surface area contributed by atoms with E-state index >= 15 is 0 Å². The SMILES string of the molecule is CCCCC/C=C/CC(O)/C=C/C=C/C/C=C/CCCC(=O)SCCNC(=O)CCNC(=O)C(O)C(C)(C)COP(=O)(O)OP(=O)(O)OCC1OC(n2cnc3c(N)ncnc32)C(O)C1OP(=O)(O)O. The minimum Gasteiger partial charge on any atom is -0.389 e. The van der Waals surface area contributed by atoms with Crippen LogP contribution < -0.4 is 16.4 Å². The van der Waals surface area contributed by atoms with Crippen molar-refractivity contribution in [3.8, 4) is 0 Å². The minimum absolute atomic E-state index is 0.0148. The third-order valence-electron chi connectivity index (χ3n) is 10.1. The first kappa shape index (κ1) is 60.8. The fourth-order valence-corrected chi connectivity index (χ4v) is 9.87. The molecular formula is C41H66N7O18P3S. The number of imidazole rings is 1. The van der Waals surface area contributed by atoms with Crippen LogP contribution in [-0.4, -0.2) is 134 Å². The number of aliphatic hydroxyl groups excluding tert-OH is 3. The molecule has 0 radical (unpaired) electrons. The Morgan fingerprint density at radius 2 is 1.64 bits per heavy atom. The van der Waals surface area contributed by atoms with Gasteiger partial charge in [0, 0.05) is 37.1 Å². The number of nitrogens with one attached hydrogen (secondary N) is 2. The Morgan fingerprint density at radius 3 is 2.37 bits per heavy atom. The summed E-state index contributed by atoms with van der Waals surface area (Å²) in [7, 11) is -16.4. The van der Waals surface area contributed by atoms with Gasteiger partial charge < -0.3 is 56.0 Å². The Balaban J connectivity index is 1.31. The maximum Gasteiger partial charge on any atom is 0.481 e. The molecule has 0 aliphatic carbocycles. The zero-order chi connectivity index (χ0) is 52.0. The summed E-state index contributed by atoms with van der Waals surface area (Å²) in [4.78, 5) is 88.4. The zero-order valence-corrected chi connectivity index (χ0v) is 42.6. The van der Waals surface area contributed by atoms with E-state index in [1.165, 1.54) is 33.1 Å². The van der Waals surface area contributed by atoms with Crippen LogP contribution in [0.3, 0.4) is 0 Å². The largest absolute Gasteiger partial charge is 0.481 e. The Labute approximate surface area is 409 Å². The number of phosphoric ester groups is 3. The third kappa shape index (κ3) is 22.5. The van der Waals surface area contributed by atoms with Crippen molar-refractivity contribution in [2.45, 2.75) is 122 Å². The van der Waals surface area contributed by atoms with Crippen molar-refractivity contribution >= 4 is 69.1 Å². The molecular weight excluding hydrogens is 1000 g/mol. The van der Waals surface area contributed by atoms with Crippen LogP contribution >= 0.6 is 35.2 Å². The number of nitrogens with zero attached hydrogens (tertiary/aromatic N) is 4. The number of fused-ring (bicyclic) bond motifs is 1. The monoisotopic (exact) mass is 1070 g/mol. The van der Waals surface area contributed by atoms with Crippen LogP contribution in [0.2, 0.25) is 0 Å². The van der Waals surface area contributed by atoms with E-state index in [4.69, 9.17) is 19.5 Å². The lowest BCUT2D eigenvalue weighted by Gasteiger charge is -2.30. The van der Waals surface area contributed by atoms with Crippen LogP contribution in [0.4, 0.5) is 5.82 Å². The number of aromatic nitrogens is 4. The Hall–Kier alpha value is -3.52. The molecule has 1 aliphatic heterocycles. The number of aliphatic hydroxyl groups is 3. The smallest absolute Gasteiger partial charge is 0.389 e. The summed E-state index contributed by atoms with van der Waals surface area (Å²) >= 11 is 1.09. The molecule has 1 aliphatic rings. The molecule has 29 heteroatoms. The summed E-state index contributed by atoms with van der Waals surface area (Å²) in [5, 5.41) is 36.5. The van der Waals surface area contributed by atoms with Gasteiger partial charge in [-0.25, -0.2) is 28.6 Å². The van der Waals surface area contributed by atoms with Gasteiger partial charge in [-0.1, -0.05) is 94.0 Å². The molecule has 1 fully saturated rings. The van der Waals surface area contributed by atoms with Crippen molar-refractivity contribution in [1.82, 2.24) is 30.2 Å². The molecule has 0 bridgehead atoms. The molecule has 2 aromatic heterocycles. The molecule has 3 rings (SSSR count). The molecule has 1 saturated heterocycles. The maximum atomic E-state index is 12.7. The molecule has 394 valence electrons. The van der Waals surface area contributed by atoms with Crippen molar-refractivity contribution in [1.29, 1.82) is 0 Å². The van der Waals surface area contributed by atoms with Gasteiger partial charge in [0.1, 0.15) is 36.3 Å². The lowest BCUT2D eigenvalue weighted by atomic mass is 9.87. The van der Waals surface area contributed by atoms with Crippen LogP contribution in [0.5, 0.6) is 0 Å². The van der Waals surface area contributed by atoms with Crippen molar-refractivity contribution in [3.63, 3.8) is 0 Å². The second-order valence-electron chi connectivity index (χ2n) is 16.5. The summed E-state index contributed by atoms with van der Waals surface area (Å²) in [6, 6.07) is 0. The predicted molar refractivity (Wildman–Crippen MR) is 257 cm³/mol. The Bertz CT molecular complexity index is 2260. The van der Waals surface area contributed by atoms with Gasteiger partial charge in [-0.05, 0) is 38.5 Å². The van der Waals surface area contributed by atoms with Gasteiger partial charge in [0.2, 0.25) is 11.8 Å². The highest BCUT2D eigenvalue weighted by molar-refractivity contribution is 8.13. The van der Waals surface area contributed by atoms with Crippen LogP contribution in [0.1, 0.15) is 91.2 Å². The van der Waals surface area contributed by atoms with E-state index in [2.05, 4.69) is 47.4 Å². The van der Waals surface area contributed by atoms with Crippen molar-refractivity contribution in [2.24, 2.45) is 5.41 Å². The summed E-state index contributed by atoms with van der Waals surface area (Å²) < 4.78 is 62.4. The maximum absolute atomic E-state index is 12.7. The number of amides is 2. The van der Waals surface area contributed by atoms with Gasteiger partial charge in [-0.3, -0.25) is 32.5 Å². The quantitative estimate of drug-likeness (QED) is 0.0210. The number of hydrogen-bond donors (Lipinski definition) is 10. The van der Waals surface area contributed by atoms with Crippen molar-refractivity contribution in [2.75, 3.05) is 37.8 Å². The summed E-state index contributed by atoms with van der Waals surface area (Å²) in [5.41, 5.74) is 4.26. The second-order valence-corrected chi connectivity index (χ2v) is 21.9. The minimum atomic E-state index is -5.59. The van der Waals surface area contributed by atoms with E-state index in [9.17, 15) is 63.0 Å². The number of nitrogens with two attached hydrogens (primary N) is 1. The predicted octanol–water partition coefficient (Wildman–Crippen LogP) is 3.78. The molecule has 3 heterocycles. The van der Waals surface area contributed by atoms with E-state index in [0.29, 0.717) is 25.0 Å². The zero-order valence-electron chi connectivity index (χ0n) is 39.1. The van der Waals surface area contributed by atoms with E-state index in [1.54, 1.807) is 6.08 Å². The number of thioether (sulfide) groups is 1. The van der Waals surface area contributed by atoms with E-state index < -0.39 is 90.7 Å². The van der Waals surface area contributed by atoms with Crippen molar-refractivity contribution in [3.05, 3.63) is 61.3 Å². The van der Waals surface area contributed by atoms with Crippen molar-refractivity contribution < 1.29 is 85.6 Å². The summed E-state index contributed by atoms with van der Waals surface area (Å²) in [5.74, 6) is -1.13. The van der Waals surface area contributed by atoms with Gasteiger partial charge >= 0.3 is 23.5 Å². The number of hydrogen-bond acceptors (Lipinski definition) is 19. The Kier molecular flexibility index (Phi) is 25.9. The normalized spacial score (nSPS) is 20.7. The standard InChI is InChI=1S/C41H66N7O18P3S/c1-4-5-6-7-12-15-18-29(49)19-16-13-10-8-9-11-14-17-20-32(51)70-24-23-43-31(50)21-22-44-39(54)36(53)41(2,3)26-63-69(60,61)66-68(58,59)62-25-30-35(65-67(55,56)57)34(52)40(64-30)48-28-47-33-37(42)45-27-46-38(33)48/h9-13,15-16,19,27-30,34-36,40,49,52-53H,4-8,14,17-18,20-26H2,1-3H3,(H,43,50)(H,44,54)(H,58,59)(H,60,61)(H2,42,45,46)(H2,55,56,57)/b11-9+,13-10+,15-12+,19-16+. The molecule has 0 aromatic carbocycles. The van der Waals surface area contributed by atoms with E-state index in [-0.39, 0.29) is 41.6 Å². The van der Waals surface area contributed by atoms with Gasteiger partial charge in [-0.2, -0.15) is 4.31 Å². The lowest BCUT2D eigenvalue weighted by Crippen LogP contribution is -2.46. The molecule has 11 N–H and O–H groups in total. The van der Waals surface area contributed by atoms with Crippen LogP contribution in [-0.2, 0) is 50.7 Å². The number of carbonyl (C=O) groups excluding carboxylic acids is 3. The topological polar surface area (TPSA) is 384 Å². The number of unbranched alkanes of at least 4 members (excludes halogenated alkanes) is 4. The average Bonchev–Trinajstić information content (AvgIpc) is 3.85. The van der Waals surface area contributed by atoms with E-state index in [1.807, 2.05) is 36.5 Å². The molecule has 70 heavy (non-hydrogen) atoms. The summed E-state index contributed by atoms with van der Waals surface area (Å²) in [6.07, 6.45) is 15.8. The fraction of sp³-hybridized carbons (Fsp3) is 0.610. The highest BCUT2D eigenvalue weighted by Gasteiger charge is 2.50. The number of phosphoric acid groups is 3. The van der Waals surface area contributed by atoms with Gasteiger partial charge in [-0.15, -0.1) is 0 Å². The van der Waals surface area contributed by atoms with Gasteiger partial charge in [0.05, 0.1) is 25.6 Å². The third-order valence-corrected chi connectivity index (χ3v) is 14.1. The highest BCUT2D eigenvalue weighted by atomic mass is 32.2. The number of allylic oxidation sites excluding steroid dienone is 6. The van der Waals surface area contributed by atoms with Gasteiger partial charge in [0.15, 0.2) is 22.8 Å². The number of carbonyl (C=O) groups is 3. The number of anilines is 1. The molecule has 0 saturated carbocycles. The first-order valence-corrected chi connectivity index (χ1v) is 27.8.